The summed E-state index contributed by atoms with van der Waals surface area (Å²) in [5.41, 5.74) is 2.36. The summed E-state index contributed by atoms with van der Waals surface area (Å²) in [7, 11) is 1.61. The summed E-state index contributed by atoms with van der Waals surface area (Å²) in [5.74, 6) is 2.85. The molecule has 6 rings (SSSR count). The first-order chi connectivity index (χ1) is 16.4. The van der Waals surface area contributed by atoms with Crippen molar-refractivity contribution in [2.75, 3.05) is 18.8 Å². The van der Waals surface area contributed by atoms with E-state index in [1.54, 1.807) is 12.0 Å². The summed E-state index contributed by atoms with van der Waals surface area (Å²) < 4.78 is 18.9. The van der Waals surface area contributed by atoms with Crippen molar-refractivity contribution in [3.8, 4) is 17.2 Å². The Kier molecular flexibility index (Phi) is 4.39. The molecule has 1 N–H and O–H groups in total. The zero-order valence-corrected chi connectivity index (χ0v) is 19.4. The molecule has 174 valence electrons. The Hall–Kier alpha value is -4.01. The number of hydrogen-bond donors (Lipinski definition) is 1. The van der Waals surface area contributed by atoms with Gasteiger partial charge in [-0.1, -0.05) is 18.2 Å². The molecule has 3 aromatic rings. The first kappa shape index (κ1) is 20.6. The third kappa shape index (κ3) is 2.96. The minimum absolute atomic E-state index is 0.138. The number of nitrogens with zero attached hydrogens (tertiary/aromatic N) is 4. The quantitative estimate of drug-likeness (QED) is 0.636. The summed E-state index contributed by atoms with van der Waals surface area (Å²) in [6.07, 6.45) is 1.86. The summed E-state index contributed by atoms with van der Waals surface area (Å²) in [6.45, 7) is 6.37. The van der Waals surface area contributed by atoms with E-state index in [4.69, 9.17) is 24.3 Å². The average molecular weight is 460 g/mol. The number of methoxy groups -OCH3 is 1. The molecule has 0 unspecified atom stereocenters. The highest BCUT2D eigenvalue weighted by molar-refractivity contribution is 6.18. The predicted octanol–water partition coefficient (Wildman–Crippen LogP) is 4.15. The maximum atomic E-state index is 13.2. The predicted molar refractivity (Wildman–Crippen MR) is 127 cm³/mol. The number of carbonyl (C=O) groups excluding carboxylic acids is 1. The van der Waals surface area contributed by atoms with Gasteiger partial charge in [-0.05, 0) is 50.6 Å². The molecule has 34 heavy (non-hydrogen) atoms. The number of amidine groups is 1. The van der Waals surface area contributed by atoms with Crippen molar-refractivity contribution < 1.29 is 19.0 Å². The van der Waals surface area contributed by atoms with Gasteiger partial charge in [-0.25, -0.2) is 14.5 Å². The molecule has 3 aliphatic heterocycles. The van der Waals surface area contributed by atoms with Crippen LogP contribution in [-0.2, 0) is 5.54 Å². The van der Waals surface area contributed by atoms with Gasteiger partial charge in [-0.3, -0.25) is 10.2 Å². The van der Waals surface area contributed by atoms with E-state index >= 15 is 0 Å². The number of amides is 2. The van der Waals surface area contributed by atoms with Gasteiger partial charge in [0.25, 0.3) is 0 Å². The molecule has 1 saturated heterocycles. The minimum atomic E-state index is -0.384. The Morgan fingerprint density at radius 1 is 1.15 bits per heavy atom. The Balaban J connectivity index is 1.59. The smallest absolute Gasteiger partial charge is 0.328 e. The van der Waals surface area contributed by atoms with E-state index in [1.165, 1.54) is 0 Å². The van der Waals surface area contributed by atoms with Crippen molar-refractivity contribution in [3.63, 3.8) is 0 Å². The molecular formula is C25H25N5O4. The van der Waals surface area contributed by atoms with Crippen LogP contribution in [0.1, 0.15) is 37.8 Å². The van der Waals surface area contributed by atoms with E-state index in [-0.39, 0.29) is 30.3 Å². The van der Waals surface area contributed by atoms with Crippen LogP contribution in [0, 0.1) is 0 Å². The molecule has 1 aromatic heterocycles. The third-order valence-corrected chi connectivity index (χ3v) is 6.37. The summed E-state index contributed by atoms with van der Waals surface area (Å²) in [5, 5.41) is 7.70. The fraction of sp³-hybridized carbons (Fsp3) is 0.320. The number of aliphatic imine (C=N–C) groups is 1. The van der Waals surface area contributed by atoms with Gasteiger partial charge in [0.2, 0.25) is 12.5 Å². The van der Waals surface area contributed by atoms with E-state index < -0.39 is 0 Å². The number of nitrogens with one attached hydrogen (secondary N) is 1. The lowest BCUT2D eigenvalue weighted by Crippen LogP contribution is -2.42. The second-order valence-electron chi connectivity index (χ2n) is 9.52. The van der Waals surface area contributed by atoms with Crippen molar-refractivity contribution in [2.24, 2.45) is 4.99 Å². The highest BCUT2D eigenvalue weighted by atomic mass is 16.7. The molecule has 0 saturated carbocycles. The van der Waals surface area contributed by atoms with Crippen LogP contribution in [-0.4, -0.2) is 41.6 Å². The number of hydrogen-bond acceptors (Lipinski definition) is 6. The van der Waals surface area contributed by atoms with Gasteiger partial charge >= 0.3 is 6.03 Å². The van der Waals surface area contributed by atoms with Crippen LogP contribution < -0.4 is 24.4 Å². The van der Waals surface area contributed by atoms with Crippen LogP contribution in [0.4, 0.5) is 16.3 Å². The highest BCUT2D eigenvalue weighted by Gasteiger charge is 2.48. The van der Waals surface area contributed by atoms with Crippen LogP contribution in [0.15, 0.2) is 53.7 Å². The molecule has 0 radical (unpaired) electrons. The molecule has 1 fully saturated rings. The Labute approximate surface area is 196 Å². The van der Waals surface area contributed by atoms with Crippen molar-refractivity contribution >= 4 is 23.4 Å². The van der Waals surface area contributed by atoms with E-state index in [0.29, 0.717) is 23.1 Å². The average Bonchev–Trinajstić information content (AvgIpc) is 3.53. The molecule has 0 aliphatic carbocycles. The molecule has 9 nitrogen and oxygen atoms in total. The zero-order chi connectivity index (χ0) is 23.6. The molecule has 0 spiro atoms. The van der Waals surface area contributed by atoms with Crippen LogP contribution in [0.5, 0.6) is 17.2 Å². The molecule has 0 bridgehead atoms. The Bertz CT molecular complexity index is 1330. The van der Waals surface area contributed by atoms with Gasteiger partial charge in [-0.2, -0.15) is 5.10 Å². The summed E-state index contributed by atoms with van der Waals surface area (Å²) in [4.78, 5) is 19.9. The van der Waals surface area contributed by atoms with Crippen LogP contribution in [0.3, 0.4) is 0 Å². The fourth-order valence-corrected chi connectivity index (χ4v) is 4.91. The van der Waals surface area contributed by atoms with E-state index in [1.807, 2.05) is 53.3 Å². The van der Waals surface area contributed by atoms with Crippen molar-refractivity contribution in [1.29, 1.82) is 0 Å². The molecule has 2 aromatic carbocycles. The minimum Gasteiger partial charge on any atom is -0.493 e. The lowest BCUT2D eigenvalue weighted by molar-refractivity contribution is 0.171. The first-order valence-electron chi connectivity index (χ1n) is 11.2. The lowest BCUT2D eigenvalue weighted by atomic mass is 9.83. The van der Waals surface area contributed by atoms with Gasteiger partial charge in [0.05, 0.1) is 18.8 Å². The van der Waals surface area contributed by atoms with E-state index in [2.05, 4.69) is 26.1 Å². The van der Waals surface area contributed by atoms with Gasteiger partial charge in [0, 0.05) is 17.2 Å². The van der Waals surface area contributed by atoms with Gasteiger partial charge in [0.15, 0.2) is 17.3 Å². The Morgan fingerprint density at radius 2 is 1.94 bits per heavy atom. The van der Waals surface area contributed by atoms with E-state index in [0.717, 1.165) is 22.6 Å². The number of urea groups is 1. The van der Waals surface area contributed by atoms with Crippen molar-refractivity contribution in [1.82, 2.24) is 15.1 Å². The second kappa shape index (κ2) is 7.24. The molecule has 2 amide bonds. The number of rotatable bonds is 3. The maximum absolute atomic E-state index is 13.2. The monoisotopic (exact) mass is 459 g/mol. The normalized spacial score (nSPS) is 20.5. The number of para-hydroxylation sites is 1. The van der Waals surface area contributed by atoms with Crippen LogP contribution >= 0.6 is 0 Å². The molecule has 9 heteroatoms. The number of ether oxygens (including phenoxy) is 3. The topological polar surface area (TPSA) is 90.2 Å². The largest absolute Gasteiger partial charge is 0.493 e. The van der Waals surface area contributed by atoms with Crippen LogP contribution in [0.2, 0.25) is 0 Å². The molecule has 3 aliphatic rings. The lowest BCUT2D eigenvalue weighted by Gasteiger charge is -2.33. The van der Waals surface area contributed by atoms with Crippen molar-refractivity contribution in [3.05, 3.63) is 59.8 Å². The molecular weight excluding hydrogens is 434 g/mol. The zero-order valence-electron chi connectivity index (χ0n) is 19.4. The van der Waals surface area contributed by atoms with Gasteiger partial charge in [0.1, 0.15) is 11.9 Å². The van der Waals surface area contributed by atoms with E-state index in [9.17, 15) is 4.79 Å². The highest BCUT2D eigenvalue weighted by Crippen LogP contribution is 2.49. The fourth-order valence-electron chi connectivity index (χ4n) is 4.91. The number of fused-ring (bicyclic) bond motifs is 3. The van der Waals surface area contributed by atoms with Crippen molar-refractivity contribution in [2.45, 2.75) is 38.3 Å². The molecule has 4 heterocycles. The van der Waals surface area contributed by atoms with Gasteiger partial charge in [-0.15, -0.1) is 0 Å². The summed E-state index contributed by atoms with van der Waals surface area (Å²) >= 11 is 0. The standard InChI is InChI=1S/C25H25N5O4/c1-25(2,3)30-23-16(12-26-30)19(14-10-17(32-4)21-18(11-14)33-13-34-21)20-22(27-23)28-24(31)29(20)15-8-6-5-7-9-15/h5-12,19-20H,13H2,1-4H3,(H,27,28,31)/t19-,20-/m1/s1. The number of benzene rings is 2. The number of anilines is 1. The Morgan fingerprint density at radius 3 is 2.68 bits per heavy atom. The molecule has 2 atom stereocenters. The number of carbonyl (C=O) groups is 1. The first-order valence-corrected chi connectivity index (χ1v) is 11.2. The summed E-state index contributed by atoms with van der Waals surface area (Å²) in [6, 6.07) is 12.9. The third-order valence-electron chi connectivity index (χ3n) is 6.37. The number of aromatic nitrogens is 2. The maximum Gasteiger partial charge on any atom is 0.328 e. The second-order valence-corrected chi connectivity index (χ2v) is 9.52. The van der Waals surface area contributed by atoms with Crippen LogP contribution in [0.25, 0.3) is 0 Å². The van der Waals surface area contributed by atoms with Gasteiger partial charge < -0.3 is 14.2 Å². The SMILES string of the molecule is COc1cc([C@@H]2c3cnn(C(C)(C)C)c3N=C3NC(=O)N(c4ccccc4)[C@@H]32)cc2c1OCO2.